The van der Waals surface area contributed by atoms with Gasteiger partial charge < -0.3 is 4.74 Å². The van der Waals surface area contributed by atoms with E-state index < -0.39 is 5.24 Å². The second-order valence-electron chi connectivity index (χ2n) is 5.11. The number of hydrogen-bond donors (Lipinski definition) is 1. The molecule has 0 saturated carbocycles. The molecule has 0 unspecified atom stereocenters. The molecule has 6 heteroatoms. The minimum atomic E-state index is -0.432. The van der Waals surface area contributed by atoms with E-state index in [1.807, 2.05) is 38.1 Å². The highest BCUT2D eigenvalue weighted by atomic mass is 127. The summed E-state index contributed by atoms with van der Waals surface area (Å²) in [6.07, 6.45) is 1.63. The van der Waals surface area contributed by atoms with E-state index >= 15 is 0 Å². The summed E-state index contributed by atoms with van der Waals surface area (Å²) in [6, 6.07) is 11.4. The van der Waals surface area contributed by atoms with Crippen LogP contribution in [0.1, 0.15) is 16.7 Å². The van der Waals surface area contributed by atoms with Crippen LogP contribution in [0, 0.1) is 17.4 Å². The molecular formula is C17H18INO3S. The Morgan fingerprint density at radius 2 is 2.00 bits per heavy atom. The summed E-state index contributed by atoms with van der Waals surface area (Å²) in [6.45, 7) is 4.30. The first kappa shape index (κ1) is 18.1. The van der Waals surface area contributed by atoms with E-state index in [0.717, 1.165) is 32.2 Å². The van der Waals surface area contributed by atoms with Crippen molar-refractivity contribution < 1.29 is 14.7 Å². The molecule has 23 heavy (non-hydrogen) atoms. The molecule has 0 heterocycles. The van der Waals surface area contributed by atoms with Crippen molar-refractivity contribution >= 4 is 45.3 Å². The number of rotatable bonds is 4. The normalized spacial score (nSPS) is 10.5. The van der Waals surface area contributed by atoms with Gasteiger partial charge in [-0.15, -0.1) is 0 Å². The molecule has 0 saturated heterocycles. The first-order valence-electron chi connectivity index (χ1n) is 6.98. The number of hydrogen-bond acceptors (Lipinski definition) is 4. The lowest BCUT2D eigenvalue weighted by Gasteiger charge is -2.18. The maximum absolute atomic E-state index is 11.7. The van der Waals surface area contributed by atoms with Gasteiger partial charge in [-0.05, 0) is 72.5 Å². The van der Waals surface area contributed by atoms with Gasteiger partial charge in [0.1, 0.15) is 12.4 Å². The van der Waals surface area contributed by atoms with Crippen LogP contribution in [0.25, 0.3) is 0 Å². The third-order valence-electron chi connectivity index (χ3n) is 3.33. The molecule has 0 atom stereocenters. The van der Waals surface area contributed by atoms with E-state index in [-0.39, 0.29) is 6.61 Å². The number of anilines is 1. The van der Waals surface area contributed by atoms with Gasteiger partial charge in [-0.3, -0.25) is 10.0 Å². The fourth-order valence-electron chi connectivity index (χ4n) is 2.18. The Hall–Kier alpha value is -1.25. The predicted molar refractivity (Wildman–Crippen MR) is 103 cm³/mol. The molecule has 2 aromatic carbocycles. The Labute approximate surface area is 153 Å². The van der Waals surface area contributed by atoms with Gasteiger partial charge in [0.15, 0.2) is 0 Å². The molecule has 122 valence electrons. The standard InChI is InChI=1S/C17H18INO3S/c1-11-4-7-16(12(2)8-11)22-10-13-9-14(18)5-6-15(13)19(21)17(20)23-3/h4-9,21H,10H2,1-3H3. The molecular weight excluding hydrogens is 425 g/mol. The number of halogens is 1. The van der Waals surface area contributed by atoms with Crippen molar-refractivity contribution in [3.8, 4) is 5.75 Å². The number of carbonyl (C=O) groups is 1. The van der Waals surface area contributed by atoms with Crippen molar-refractivity contribution in [2.75, 3.05) is 11.3 Å². The van der Waals surface area contributed by atoms with Gasteiger partial charge in [0.05, 0.1) is 5.69 Å². The average molecular weight is 443 g/mol. The van der Waals surface area contributed by atoms with Crippen molar-refractivity contribution in [3.05, 3.63) is 56.7 Å². The largest absolute Gasteiger partial charge is 0.489 e. The summed E-state index contributed by atoms with van der Waals surface area (Å²) in [5.74, 6) is 0.793. The highest BCUT2D eigenvalue weighted by Crippen LogP contribution is 2.27. The lowest BCUT2D eigenvalue weighted by Crippen LogP contribution is -2.24. The Kier molecular flexibility index (Phi) is 6.32. The number of benzene rings is 2. The summed E-state index contributed by atoms with van der Waals surface area (Å²) in [4.78, 5) is 11.7. The maximum atomic E-state index is 11.7. The fourth-order valence-corrected chi connectivity index (χ4v) is 3.00. The Morgan fingerprint density at radius 3 is 2.65 bits per heavy atom. The molecule has 0 aliphatic heterocycles. The number of hydroxylamine groups is 1. The highest BCUT2D eigenvalue weighted by molar-refractivity contribution is 14.1. The molecule has 0 fully saturated rings. The van der Waals surface area contributed by atoms with Crippen LogP contribution < -0.4 is 9.80 Å². The van der Waals surface area contributed by atoms with Gasteiger partial charge in [0.25, 0.3) is 0 Å². The number of amides is 1. The molecule has 0 bridgehead atoms. The summed E-state index contributed by atoms with van der Waals surface area (Å²) in [5, 5.41) is 10.3. The number of nitrogens with zero attached hydrogens (tertiary/aromatic N) is 1. The Balaban J connectivity index is 2.24. The summed E-state index contributed by atoms with van der Waals surface area (Å²) < 4.78 is 6.89. The molecule has 1 amide bonds. The number of thioether (sulfide) groups is 1. The van der Waals surface area contributed by atoms with E-state index in [2.05, 4.69) is 28.7 Å². The van der Waals surface area contributed by atoms with Crippen LogP contribution in [0.2, 0.25) is 0 Å². The third-order valence-corrected chi connectivity index (χ3v) is 4.52. The lowest BCUT2D eigenvalue weighted by atomic mass is 10.1. The van der Waals surface area contributed by atoms with Gasteiger partial charge in [-0.1, -0.05) is 29.5 Å². The van der Waals surface area contributed by atoms with E-state index in [1.165, 1.54) is 5.56 Å². The van der Waals surface area contributed by atoms with E-state index in [1.54, 1.807) is 12.3 Å². The van der Waals surface area contributed by atoms with E-state index in [0.29, 0.717) is 10.8 Å². The summed E-state index contributed by atoms with van der Waals surface area (Å²) >= 11 is 3.15. The second kappa shape index (κ2) is 8.03. The molecule has 0 spiro atoms. The summed E-state index contributed by atoms with van der Waals surface area (Å²) in [7, 11) is 0. The maximum Gasteiger partial charge on any atom is 0.309 e. The first-order chi connectivity index (χ1) is 10.9. The van der Waals surface area contributed by atoms with Gasteiger partial charge in [0.2, 0.25) is 0 Å². The van der Waals surface area contributed by atoms with Gasteiger partial charge >= 0.3 is 5.24 Å². The Bertz CT molecular complexity index is 721. The molecule has 2 rings (SSSR count). The zero-order valence-electron chi connectivity index (χ0n) is 13.2. The minimum absolute atomic E-state index is 0.273. The zero-order chi connectivity index (χ0) is 17.0. The topological polar surface area (TPSA) is 49.8 Å². The van der Waals surface area contributed by atoms with Gasteiger partial charge in [-0.25, -0.2) is 0 Å². The fraction of sp³-hybridized carbons (Fsp3) is 0.235. The summed E-state index contributed by atoms with van der Waals surface area (Å²) in [5.41, 5.74) is 3.42. The smallest absolute Gasteiger partial charge is 0.309 e. The van der Waals surface area contributed by atoms with Crippen molar-refractivity contribution in [1.82, 2.24) is 0 Å². The first-order valence-corrected chi connectivity index (χ1v) is 9.28. The molecule has 1 N–H and O–H groups in total. The molecule has 0 aliphatic rings. The highest BCUT2D eigenvalue weighted by Gasteiger charge is 2.16. The van der Waals surface area contributed by atoms with E-state index in [9.17, 15) is 10.0 Å². The van der Waals surface area contributed by atoms with Crippen LogP contribution >= 0.6 is 34.4 Å². The van der Waals surface area contributed by atoms with Crippen LogP contribution in [0.3, 0.4) is 0 Å². The zero-order valence-corrected chi connectivity index (χ0v) is 16.1. The van der Waals surface area contributed by atoms with Crippen molar-refractivity contribution in [2.45, 2.75) is 20.5 Å². The number of ether oxygens (including phenoxy) is 1. The third kappa shape index (κ3) is 4.62. The molecule has 0 aromatic heterocycles. The van der Waals surface area contributed by atoms with Crippen LogP contribution in [0.15, 0.2) is 36.4 Å². The van der Waals surface area contributed by atoms with E-state index in [4.69, 9.17) is 4.74 Å². The SMILES string of the molecule is CSC(=O)N(O)c1ccc(I)cc1COc1ccc(C)cc1C. The molecule has 0 aliphatic carbocycles. The van der Waals surface area contributed by atoms with Crippen LogP contribution in [-0.2, 0) is 6.61 Å². The van der Waals surface area contributed by atoms with Crippen LogP contribution in [0.4, 0.5) is 10.5 Å². The van der Waals surface area contributed by atoms with Crippen LogP contribution in [0.5, 0.6) is 5.75 Å². The molecule has 2 aromatic rings. The monoisotopic (exact) mass is 443 g/mol. The van der Waals surface area contributed by atoms with Gasteiger partial charge in [0, 0.05) is 9.13 Å². The number of aryl methyl sites for hydroxylation is 2. The van der Waals surface area contributed by atoms with Crippen molar-refractivity contribution in [3.63, 3.8) is 0 Å². The number of carbonyl (C=O) groups excluding carboxylic acids is 1. The minimum Gasteiger partial charge on any atom is -0.489 e. The molecule has 0 radical (unpaired) electrons. The predicted octanol–water partition coefficient (Wildman–Crippen LogP) is 5.17. The Morgan fingerprint density at radius 1 is 1.26 bits per heavy atom. The average Bonchev–Trinajstić information content (AvgIpc) is 2.52. The van der Waals surface area contributed by atoms with Gasteiger partial charge in [-0.2, -0.15) is 5.06 Å². The lowest BCUT2D eigenvalue weighted by molar-refractivity contribution is 0.223. The second-order valence-corrected chi connectivity index (χ2v) is 7.12. The van der Waals surface area contributed by atoms with Crippen molar-refractivity contribution in [1.29, 1.82) is 0 Å². The quantitative estimate of drug-likeness (QED) is 0.403. The molecule has 4 nitrogen and oxygen atoms in total. The van der Waals surface area contributed by atoms with Crippen LogP contribution in [-0.4, -0.2) is 16.7 Å². The van der Waals surface area contributed by atoms with Crippen molar-refractivity contribution in [2.24, 2.45) is 0 Å².